The molecule has 3 heterocycles. The highest BCUT2D eigenvalue weighted by atomic mass is 16.5. The molecule has 150 valence electrons. The first-order valence-electron chi connectivity index (χ1n) is 9.80. The first kappa shape index (κ1) is 19.4. The number of hydrogen-bond donors (Lipinski definition) is 1. The van der Waals surface area contributed by atoms with Crippen molar-refractivity contribution in [2.75, 3.05) is 26.7 Å². The first-order chi connectivity index (χ1) is 14.2. The largest absolute Gasteiger partial charge is 0.379 e. The summed E-state index contributed by atoms with van der Waals surface area (Å²) in [5.74, 6) is -0.0921. The molecule has 1 fully saturated rings. The molecule has 0 saturated carbocycles. The normalized spacial score (nSPS) is 22.2. The number of carbonyl (C=O) groups is 2. The van der Waals surface area contributed by atoms with E-state index in [-0.39, 0.29) is 18.1 Å². The van der Waals surface area contributed by atoms with Crippen LogP contribution in [0, 0.1) is 0 Å². The van der Waals surface area contributed by atoms with Gasteiger partial charge in [-0.3, -0.25) is 19.7 Å². The van der Waals surface area contributed by atoms with Crippen LogP contribution in [0.15, 0.2) is 63.9 Å². The summed E-state index contributed by atoms with van der Waals surface area (Å²) in [5.41, 5.74) is 3.63. The molecule has 0 aromatic heterocycles. The lowest BCUT2D eigenvalue weighted by molar-refractivity contribution is -0.113. The van der Waals surface area contributed by atoms with Crippen LogP contribution in [0.25, 0.3) is 0 Å². The quantitative estimate of drug-likeness (QED) is 0.539. The van der Waals surface area contributed by atoms with Gasteiger partial charge in [0, 0.05) is 50.0 Å². The van der Waals surface area contributed by atoms with Gasteiger partial charge in [-0.1, -0.05) is 30.3 Å². The lowest BCUT2D eigenvalue weighted by Gasteiger charge is -2.26. The van der Waals surface area contributed by atoms with Gasteiger partial charge in [0.25, 0.3) is 0 Å². The number of nitrogens with zero attached hydrogens (tertiary/aromatic N) is 3. The zero-order valence-electron chi connectivity index (χ0n) is 16.4. The van der Waals surface area contributed by atoms with Crippen LogP contribution < -0.4 is 5.32 Å². The van der Waals surface area contributed by atoms with Gasteiger partial charge in [0.1, 0.15) is 18.2 Å². The molecule has 1 N–H and O–H groups in total. The van der Waals surface area contributed by atoms with Gasteiger partial charge in [-0.25, -0.2) is 0 Å². The molecule has 1 saturated heterocycles. The molecule has 4 rings (SSSR count). The SMILES string of the molecule is COC(CC=O)N1CC[C@@H](NC2=C3C=CN=C3CN=C2C(=O)c2ccccc2)C1. The van der Waals surface area contributed by atoms with Crippen molar-refractivity contribution in [3.63, 3.8) is 0 Å². The molecule has 0 bridgehead atoms. The number of likely N-dealkylation sites (tertiary alicyclic amines) is 1. The Bertz CT molecular complexity index is 917. The summed E-state index contributed by atoms with van der Waals surface area (Å²) in [5, 5.41) is 3.55. The Labute approximate surface area is 169 Å². The minimum Gasteiger partial charge on any atom is -0.379 e. The summed E-state index contributed by atoms with van der Waals surface area (Å²) in [6.45, 7) is 1.96. The zero-order valence-corrected chi connectivity index (χ0v) is 16.4. The van der Waals surface area contributed by atoms with Gasteiger partial charge < -0.3 is 14.8 Å². The summed E-state index contributed by atoms with van der Waals surface area (Å²) in [6.07, 6.45) is 5.58. The fourth-order valence-corrected chi connectivity index (χ4v) is 3.99. The van der Waals surface area contributed by atoms with Crippen molar-refractivity contribution in [2.24, 2.45) is 9.98 Å². The number of dihydropyridines is 1. The summed E-state index contributed by atoms with van der Waals surface area (Å²) >= 11 is 0. The van der Waals surface area contributed by atoms with Crippen LogP contribution in [-0.2, 0) is 9.53 Å². The maximum absolute atomic E-state index is 13.1. The number of hydrogen-bond acceptors (Lipinski definition) is 7. The minimum atomic E-state index is -0.217. The van der Waals surface area contributed by atoms with Gasteiger partial charge in [-0.05, 0) is 12.5 Å². The van der Waals surface area contributed by atoms with Gasteiger partial charge in [0.2, 0.25) is 5.78 Å². The van der Waals surface area contributed by atoms with E-state index in [0.29, 0.717) is 24.2 Å². The molecule has 7 heteroatoms. The van der Waals surface area contributed by atoms with E-state index in [9.17, 15) is 9.59 Å². The van der Waals surface area contributed by atoms with Gasteiger partial charge in [-0.15, -0.1) is 0 Å². The number of Topliss-reactive ketones (excluding diaryl/α,β-unsaturated/α-hetero) is 1. The van der Waals surface area contributed by atoms with Crippen LogP contribution >= 0.6 is 0 Å². The predicted octanol–water partition coefficient (Wildman–Crippen LogP) is 1.77. The highest BCUT2D eigenvalue weighted by Crippen LogP contribution is 2.23. The number of nitrogens with one attached hydrogen (secondary N) is 1. The Balaban J connectivity index is 1.56. The monoisotopic (exact) mass is 392 g/mol. The molecule has 2 atom stereocenters. The van der Waals surface area contributed by atoms with Crippen molar-refractivity contribution in [1.82, 2.24) is 10.2 Å². The maximum atomic E-state index is 13.1. The van der Waals surface area contributed by atoms with E-state index < -0.39 is 0 Å². The Kier molecular flexibility index (Phi) is 5.78. The average Bonchev–Trinajstić information content (AvgIpc) is 3.42. The van der Waals surface area contributed by atoms with Gasteiger partial charge in [0.05, 0.1) is 18.0 Å². The molecule has 3 aliphatic heterocycles. The number of benzene rings is 1. The van der Waals surface area contributed by atoms with Crippen LogP contribution in [0.5, 0.6) is 0 Å². The highest BCUT2D eigenvalue weighted by molar-refractivity contribution is 6.52. The minimum absolute atomic E-state index is 0.0921. The van der Waals surface area contributed by atoms with Crippen LogP contribution in [0.3, 0.4) is 0 Å². The van der Waals surface area contributed by atoms with E-state index in [1.165, 1.54) is 0 Å². The molecule has 0 spiro atoms. The zero-order chi connectivity index (χ0) is 20.2. The first-order valence-corrected chi connectivity index (χ1v) is 9.80. The second-order valence-corrected chi connectivity index (χ2v) is 7.26. The Hall–Kier alpha value is -2.90. The third-order valence-electron chi connectivity index (χ3n) is 5.47. The molecular formula is C22H24N4O3. The topological polar surface area (TPSA) is 83.4 Å². The van der Waals surface area contributed by atoms with E-state index in [4.69, 9.17) is 4.74 Å². The predicted molar refractivity (Wildman–Crippen MR) is 111 cm³/mol. The molecule has 7 nitrogen and oxygen atoms in total. The molecular weight excluding hydrogens is 368 g/mol. The number of ether oxygens (including phenoxy) is 1. The lowest BCUT2D eigenvalue weighted by atomic mass is 9.96. The molecule has 29 heavy (non-hydrogen) atoms. The molecule has 1 aromatic carbocycles. The smallest absolute Gasteiger partial charge is 0.213 e. The van der Waals surface area contributed by atoms with E-state index in [1.807, 2.05) is 24.3 Å². The van der Waals surface area contributed by atoms with Crippen molar-refractivity contribution < 1.29 is 14.3 Å². The molecule has 0 aliphatic carbocycles. The van der Waals surface area contributed by atoms with E-state index in [1.54, 1.807) is 25.4 Å². The average molecular weight is 392 g/mol. The molecule has 0 amide bonds. The third-order valence-corrected chi connectivity index (χ3v) is 5.47. The van der Waals surface area contributed by atoms with Crippen molar-refractivity contribution in [3.05, 3.63) is 59.4 Å². The van der Waals surface area contributed by atoms with Crippen LogP contribution in [0.1, 0.15) is 23.2 Å². The Morgan fingerprint density at radius 2 is 2.21 bits per heavy atom. The number of aldehydes is 1. The van der Waals surface area contributed by atoms with E-state index >= 15 is 0 Å². The number of methoxy groups -OCH3 is 1. The highest BCUT2D eigenvalue weighted by Gasteiger charge is 2.33. The number of rotatable bonds is 8. The molecule has 1 unspecified atom stereocenters. The van der Waals surface area contributed by atoms with Gasteiger partial charge in [0.15, 0.2) is 0 Å². The number of allylic oxidation sites excluding steroid dienone is 2. The molecule has 3 aliphatic rings. The third kappa shape index (κ3) is 3.97. The summed E-state index contributed by atoms with van der Waals surface area (Å²) in [4.78, 5) is 35.1. The number of aliphatic imine (C=N–C) groups is 2. The summed E-state index contributed by atoms with van der Waals surface area (Å²) < 4.78 is 5.45. The van der Waals surface area contributed by atoms with Gasteiger partial charge >= 0.3 is 0 Å². The Morgan fingerprint density at radius 1 is 1.38 bits per heavy atom. The van der Waals surface area contributed by atoms with Crippen molar-refractivity contribution in [2.45, 2.75) is 25.1 Å². The van der Waals surface area contributed by atoms with Crippen LogP contribution in [-0.4, -0.2) is 67.4 Å². The standard InChI is InChI=1S/C22H24N4O3/c1-29-19(9-12-27)26-11-8-16(14-26)25-20-17-7-10-23-18(17)13-24-21(20)22(28)15-5-3-2-4-6-15/h2-7,10,12,16,19,25H,8-9,11,13-14H2,1H3/t16-,19?/m1/s1. The van der Waals surface area contributed by atoms with Crippen molar-refractivity contribution in [3.8, 4) is 0 Å². The fraction of sp³-hybridized carbons (Fsp3) is 0.364. The van der Waals surface area contributed by atoms with E-state index in [0.717, 1.165) is 42.8 Å². The fourth-order valence-electron chi connectivity index (χ4n) is 3.99. The number of ketones is 1. The van der Waals surface area contributed by atoms with Crippen molar-refractivity contribution in [1.29, 1.82) is 0 Å². The molecule has 0 radical (unpaired) electrons. The second kappa shape index (κ2) is 8.63. The van der Waals surface area contributed by atoms with Gasteiger partial charge in [-0.2, -0.15) is 0 Å². The Morgan fingerprint density at radius 3 is 2.97 bits per heavy atom. The van der Waals surface area contributed by atoms with Crippen LogP contribution in [0.2, 0.25) is 0 Å². The summed E-state index contributed by atoms with van der Waals surface area (Å²) in [6, 6.07) is 9.34. The van der Waals surface area contributed by atoms with Crippen LogP contribution in [0.4, 0.5) is 0 Å². The van der Waals surface area contributed by atoms with E-state index in [2.05, 4.69) is 20.2 Å². The second-order valence-electron chi connectivity index (χ2n) is 7.26. The molecule has 1 aromatic rings. The number of fused-ring (bicyclic) bond motifs is 1. The maximum Gasteiger partial charge on any atom is 0.213 e. The summed E-state index contributed by atoms with van der Waals surface area (Å²) in [7, 11) is 1.62. The lowest BCUT2D eigenvalue weighted by Crippen LogP contribution is -2.42. The van der Waals surface area contributed by atoms with Crippen molar-refractivity contribution >= 4 is 23.5 Å². The number of carbonyl (C=O) groups excluding carboxylic acids is 2.